The van der Waals surface area contributed by atoms with E-state index in [-0.39, 0.29) is 5.91 Å². The minimum atomic E-state index is 0.0831. The molecule has 0 aromatic rings. The van der Waals surface area contributed by atoms with Crippen molar-refractivity contribution >= 4 is 5.91 Å². The largest absolute Gasteiger partial charge is 0.339 e. The summed E-state index contributed by atoms with van der Waals surface area (Å²) in [6.45, 7) is 11.1. The average molecular weight is 266 g/mol. The topological polar surface area (TPSA) is 32.3 Å². The van der Waals surface area contributed by atoms with Crippen LogP contribution < -0.4 is 5.32 Å². The average Bonchev–Trinajstić information content (AvgIpc) is 2.49. The third-order valence-corrected chi connectivity index (χ3v) is 4.18. The van der Waals surface area contributed by atoms with Crippen LogP contribution in [0.3, 0.4) is 0 Å². The first-order valence-electron chi connectivity index (χ1n) is 7.82. The van der Waals surface area contributed by atoms with Crippen LogP contribution in [0.15, 0.2) is 12.7 Å². The minimum absolute atomic E-state index is 0.0831. The Bertz CT molecular complexity index is 264. The van der Waals surface area contributed by atoms with E-state index in [1.807, 2.05) is 4.90 Å². The first kappa shape index (κ1) is 16.2. The van der Waals surface area contributed by atoms with Gasteiger partial charge in [-0.25, -0.2) is 0 Å². The van der Waals surface area contributed by atoms with E-state index in [0.29, 0.717) is 0 Å². The van der Waals surface area contributed by atoms with Gasteiger partial charge in [-0.1, -0.05) is 19.9 Å². The molecule has 1 amide bonds. The Kier molecular flexibility index (Phi) is 7.80. The zero-order chi connectivity index (χ0) is 14.1. The molecule has 110 valence electrons. The second-order valence-electron chi connectivity index (χ2n) is 5.75. The van der Waals surface area contributed by atoms with Gasteiger partial charge in [0.05, 0.1) is 0 Å². The lowest BCUT2D eigenvalue weighted by Gasteiger charge is -2.26. The fraction of sp³-hybridized carbons (Fsp3) is 0.812. The Morgan fingerprint density at radius 2 is 2.00 bits per heavy atom. The molecule has 2 unspecified atom stereocenters. The van der Waals surface area contributed by atoms with E-state index >= 15 is 0 Å². The van der Waals surface area contributed by atoms with Crippen molar-refractivity contribution < 1.29 is 4.79 Å². The summed E-state index contributed by atoms with van der Waals surface area (Å²) in [5.41, 5.74) is 0. The van der Waals surface area contributed by atoms with Gasteiger partial charge in [0.1, 0.15) is 0 Å². The van der Waals surface area contributed by atoms with Crippen molar-refractivity contribution in [2.75, 3.05) is 19.6 Å². The highest BCUT2D eigenvalue weighted by atomic mass is 16.2. The third kappa shape index (κ3) is 6.24. The van der Waals surface area contributed by atoms with Crippen LogP contribution in [0.2, 0.25) is 0 Å². The first-order valence-corrected chi connectivity index (χ1v) is 7.82. The smallest absolute Gasteiger partial charge is 0.245 e. The van der Waals surface area contributed by atoms with Gasteiger partial charge in [-0.05, 0) is 57.6 Å². The molecular formula is C16H30N2O. The van der Waals surface area contributed by atoms with Crippen molar-refractivity contribution in [3.8, 4) is 0 Å². The molecule has 0 spiro atoms. The Hall–Kier alpha value is -0.830. The number of carbonyl (C=O) groups is 1. The molecule has 2 saturated heterocycles. The number of rotatable bonds is 2. The molecule has 19 heavy (non-hydrogen) atoms. The first-order chi connectivity index (χ1) is 9.17. The van der Waals surface area contributed by atoms with Gasteiger partial charge in [-0.15, -0.1) is 0 Å². The zero-order valence-electron chi connectivity index (χ0n) is 12.7. The zero-order valence-corrected chi connectivity index (χ0v) is 12.7. The predicted molar refractivity (Wildman–Crippen MR) is 81.1 cm³/mol. The summed E-state index contributed by atoms with van der Waals surface area (Å²) in [6, 6.07) is 0.771. The molecule has 3 heteroatoms. The van der Waals surface area contributed by atoms with Crippen LogP contribution in [-0.4, -0.2) is 36.5 Å². The van der Waals surface area contributed by atoms with Crippen LogP contribution in [0.4, 0.5) is 0 Å². The van der Waals surface area contributed by atoms with E-state index in [1.54, 1.807) is 0 Å². The van der Waals surface area contributed by atoms with E-state index in [1.165, 1.54) is 38.3 Å². The quantitative estimate of drug-likeness (QED) is 0.779. The van der Waals surface area contributed by atoms with Gasteiger partial charge in [0.2, 0.25) is 5.91 Å². The lowest BCUT2D eigenvalue weighted by molar-refractivity contribution is -0.126. The number of likely N-dealkylation sites (tertiary alicyclic amines) is 1. The maximum Gasteiger partial charge on any atom is 0.245 e. The number of amides is 1. The fourth-order valence-electron chi connectivity index (χ4n) is 2.65. The van der Waals surface area contributed by atoms with Gasteiger partial charge >= 0.3 is 0 Å². The summed E-state index contributed by atoms with van der Waals surface area (Å²) in [5, 5.41) is 3.48. The van der Waals surface area contributed by atoms with Gasteiger partial charge in [-0.2, -0.15) is 0 Å². The molecule has 0 aromatic heterocycles. The Labute approximate surface area is 118 Å². The van der Waals surface area contributed by atoms with Crippen LogP contribution in [0, 0.1) is 5.92 Å². The number of nitrogens with zero attached hydrogens (tertiary/aromatic N) is 1. The summed E-state index contributed by atoms with van der Waals surface area (Å²) < 4.78 is 0. The molecule has 2 atom stereocenters. The Morgan fingerprint density at radius 3 is 2.47 bits per heavy atom. The third-order valence-electron chi connectivity index (χ3n) is 4.18. The summed E-state index contributed by atoms with van der Waals surface area (Å²) in [4.78, 5) is 12.8. The van der Waals surface area contributed by atoms with Crippen molar-refractivity contribution in [3.63, 3.8) is 0 Å². The van der Waals surface area contributed by atoms with Crippen LogP contribution in [0.5, 0.6) is 0 Å². The fourth-order valence-corrected chi connectivity index (χ4v) is 2.65. The van der Waals surface area contributed by atoms with Crippen LogP contribution in [-0.2, 0) is 4.79 Å². The summed E-state index contributed by atoms with van der Waals surface area (Å²) in [5.74, 6) is 1.04. The number of carbonyl (C=O) groups excluding carboxylic acids is 1. The monoisotopic (exact) mass is 266 g/mol. The second-order valence-corrected chi connectivity index (χ2v) is 5.75. The molecule has 2 aliphatic heterocycles. The number of piperidine rings is 2. The van der Waals surface area contributed by atoms with Crippen LogP contribution in [0.1, 0.15) is 52.4 Å². The number of nitrogens with one attached hydrogen (secondary N) is 1. The predicted octanol–water partition coefficient (Wildman–Crippen LogP) is 2.97. The highest BCUT2D eigenvalue weighted by Crippen LogP contribution is 2.16. The van der Waals surface area contributed by atoms with Crippen molar-refractivity contribution in [1.29, 1.82) is 0 Å². The van der Waals surface area contributed by atoms with Crippen molar-refractivity contribution in [3.05, 3.63) is 12.7 Å². The standard InChI is InChI=1S/C8H13NO.C8H17N/c1-2-8(10)9-6-4-3-5-7-9;1-3-8-5-4-7(2)9-6-8/h2H,1,3-7H2;7-9H,3-6H2,1-2H3. The Balaban J connectivity index is 0.000000191. The van der Waals surface area contributed by atoms with Crippen molar-refractivity contribution in [2.24, 2.45) is 5.92 Å². The van der Waals surface area contributed by atoms with E-state index in [9.17, 15) is 4.79 Å². The Morgan fingerprint density at radius 1 is 1.32 bits per heavy atom. The van der Waals surface area contributed by atoms with Crippen molar-refractivity contribution in [1.82, 2.24) is 10.2 Å². The summed E-state index contributed by atoms with van der Waals surface area (Å²) in [7, 11) is 0. The second kappa shape index (κ2) is 9.13. The number of hydrogen-bond acceptors (Lipinski definition) is 2. The number of hydrogen-bond donors (Lipinski definition) is 1. The van der Waals surface area contributed by atoms with E-state index < -0.39 is 0 Å². The molecule has 2 aliphatic rings. The van der Waals surface area contributed by atoms with Crippen molar-refractivity contribution in [2.45, 2.75) is 58.4 Å². The highest BCUT2D eigenvalue weighted by molar-refractivity contribution is 5.86. The molecule has 3 nitrogen and oxygen atoms in total. The molecule has 0 saturated carbocycles. The van der Waals surface area contributed by atoms with Gasteiger partial charge in [0, 0.05) is 19.1 Å². The molecule has 0 aliphatic carbocycles. The maximum atomic E-state index is 11.0. The van der Waals surface area contributed by atoms with Gasteiger partial charge in [0.15, 0.2) is 0 Å². The summed E-state index contributed by atoms with van der Waals surface area (Å²) >= 11 is 0. The lowest BCUT2D eigenvalue weighted by atomic mass is 9.94. The van der Waals surface area contributed by atoms with Crippen LogP contribution >= 0.6 is 0 Å². The van der Waals surface area contributed by atoms with Gasteiger partial charge in [0.25, 0.3) is 0 Å². The molecule has 2 fully saturated rings. The highest BCUT2D eigenvalue weighted by Gasteiger charge is 2.14. The van der Waals surface area contributed by atoms with Crippen LogP contribution in [0.25, 0.3) is 0 Å². The van der Waals surface area contributed by atoms with E-state index in [0.717, 1.165) is 37.9 Å². The molecule has 0 radical (unpaired) electrons. The lowest BCUT2D eigenvalue weighted by Crippen LogP contribution is -2.36. The molecule has 2 rings (SSSR count). The minimum Gasteiger partial charge on any atom is -0.339 e. The molecule has 0 bridgehead atoms. The molecular weight excluding hydrogens is 236 g/mol. The summed E-state index contributed by atoms with van der Waals surface area (Å²) in [6.07, 6.45) is 9.12. The van der Waals surface area contributed by atoms with Gasteiger partial charge < -0.3 is 10.2 Å². The normalized spacial score (nSPS) is 27.2. The van der Waals surface area contributed by atoms with Gasteiger partial charge in [-0.3, -0.25) is 4.79 Å². The maximum absolute atomic E-state index is 11.0. The van der Waals surface area contributed by atoms with E-state index in [2.05, 4.69) is 25.7 Å². The molecule has 2 heterocycles. The SMILES string of the molecule is C=CC(=O)N1CCCCC1.CCC1CCC(C)NC1. The molecule has 0 aromatic carbocycles. The molecule has 1 N–H and O–H groups in total. The van der Waals surface area contributed by atoms with E-state index in [4.69, 9.17) is 0 Å².